The second kappa shape index (κ2) is 7.12. The fourth-order valence-corrected chi connectivity index (χ4v) is 4.80. The molecule has 3 N–H and O–H groups in total. The normalized spacial score (nSPS) is 12.9. The van der Waals surface area contributed by atoms with Crippen molar-refractivity contribution >= 4 is 54.9 Å². The molecule has 3 rings (SSSR count). The van der Waals surface area contributed by atoms with Crippen LogP contribution in [0.2, 0.25) is 0 Å². The third-order valence-electron chi connectivity index (χ3n) is 3.37. The number of para-hydroxylation sites is 1. The van der Waals surface area contributed by atoms with Gasteiger partial charge >= 0.3 is 0 Å². The lowest BCUT2D eigenvalue weighted by atomic mass is 10.3. The molecule has 6 nitrogen and oxygen atoms in total. The molecule has 1 heterocycles. The summed E-state index contributed by atoms with van der Waals surface area (Å²) in [6, 6.07) is 13.5. The van der Waals surface area contributed by atoms with Crippen LogP contribution >= 0.6 is 23.1 Å². The molecule has 9 heteroatoms. The first-order valence-corrected chi connectivity index (χ1v) is 10.5. The number of benzene rings is 2. The highest BCUT2D eigenvalue weighted by molar-refractivity contribution is 8.02. The molecule has 1 aromatic heterocycles. The molecule has 0 radical (unpaired) electrons. The van der Waals surface area contributed by atoms with Crippen molar-refractivity contribution in [2.45, 2.75) is 21.4 Å². The van der Waals surface area contributed by atoms with Gasteiger partial charge in [0.15, 0.2) is 4.34 Å². The van der Waals surface area contributed by atoms with Crippen molar-refractivity contribution in [1.82, 2.24) is 4.98 Å². The zero-order valence-electron chi connectivity index (χ0n) is 13.2. The zero-order valence-corrected chi connectivity index (χ0v) is 15.6. The molecular weight excluding hydrogens is 378 g/mol. The number of nitrogens with one attached hydrogen (secondary N) is 1. The van der Waals surface area contributed by atoms with Crippen molar-refractivity contribution in [1.29, 1.82) is 0 Å². The molecular formula is C16H15N3O3S3. The lowest BCUT2D eigenvalue weighted by Crippen LogP contribution is -2.22. The number of amides is 1. The van der Waals surface area contributed by atoms with Gasteiger partial charge in [-0.2, -0.15) is 0 Å². The number of hydrogen-bond acceptors (Lipinski definition) is 6. The van der Waals surface area contributed by atoms with Crippen LogP contribution in [0.4, 0.5) is 5.69 Å². The Kier molecular flexibility index (Phi) is 5.09. The summed E-state index contributed by atoms with van der Waals surface area (Å²) in [6.07, 6.45) is 0. The van der Waals surface area contributed by atoms with Gasteiger partial charge in [0.2, 0.25) is 15.9 Å². The SMILES string of the molecule is CC(Sc1nc2ccccc2s1)C(=O)Nc1ccc(S(N)(=O)=O)cc1. The van der Waals surface area contributed by atoms with Crippen LogP contribution in [-0.2, 0) is 14.8 Å². The molecule has 0 saturated carbocycles. The van der Waals surface area contributed by atoms with E-state index in [1.807, 2.05) is 24.3 Å². The Bertz CT molecular complexity index is 981. The molecule has 130 valence electrons. The fraction of sp³-hybridized carbons (Fsp3) is 0.125. The van der Waals surface area contributed by atoms with E-state index in [-0.39, 0.29) is 16.1 Å². The standard InChI is InChI=1S/C16H15N3O3S3/c1-10(23-16-19-13-4-2-3-5-14(13)24-16)15(20)18-11-6-8-12(9-7-11)25(17,21)22/h2-10H,1H3,(H,18,20)(H2,17,21,22). The molecule has 0 bridgehead atoms. The number of carbonyl (C=O) groups excluding carboxylic acids is 1. The number of sulfonamides is 1. The number of thiazole rings is 1. The van der Waals surface area contributed by atoms with Crippen LogP contribution in [0.25, 0.3) is 10.2 Å². The Morgan fingerprint density at radius 1 is 1.20 bits per heavy atom. The predicted octanol–water partition coefficient (Wildman–Crippen LogP) is 3.06. The minimum absolute atomic E-state index is 0.00222. The predicted molar refractivity (Wildman–Crippen MR) is 101 cm³/mol. The summed E-state index contributed by atoms with van der Waals surface area (Å²) in [5.74, 6) is -0.187. The van der Waals surface area contributed by atoms with Crippen LogP contribution < -0.4 is 10.5 Å². The van der Waals surface area contributed by atoms with E-state index in [2.05, 4.69) is 10.3 Å². The molecule has 0 aliphatic carbocycles. The first-order chi connectivity index (χ1) is 11.8. The molecule has 1 amide bonds. The first kappa shape index (κ1) is 17.9. The van der Waals surface area contributed by atoms with Gasteiger partial charge in [-0.3, -0.25) is 4.79 Å². The van der Waals surface area contributed by atoms with E-state index in [9.17, 15) is 13.2 Å². The molecule has 1 unspecified atom stereocenters. The summed E-state index contributed by atoms with van der Waals surface area (Å²) in [4.78, 5) is 16.8. The monoisotopic (exact) mass is 393 g/mol. The second-order valence-electron chi connectivity index (χ2n) is 5.27. The number of primary sulfonamides is 1. The Labute approximate surface area is 153 Å². The maximum Gasteiger partial charge on any atom is 0.238 e. The van der Waals surface area contributed by atoms with Gasteiger partial charge in [-0.1, -0.05) is 23.9 Å². The number of aromatic nitrogens is 1. The van der Waals surface area contributed by atoms with Crippen molar-refractivity contribution < 1.29 is 13.2 Å². The van der Waals surface area contributed by atoms with Crippen LogP contribution in [0.1, 0.15) is 6.92 Å². The lowest BCUT2D eigenvalue weighted by Gasteiger charge is -2.10. The van der Waals surface area contributed by atoms with Gasteiger partial charge in [0.1, 0.15) is 0 Å². The number of hydrogen-bond donors (Lipinski definition) is 2. The largest absolute Gasteiger partial charge is 0.325 e. The fourth-order valence-electron chi connectivity index (χ4n) is 2.08. The van der Waals surface area contributed by atoms with Gasteiger partial charge in [0, 0.05) is 5.69 Å². The smallest absolute Gasteiger partial charge is 0.238 e. The average molecular weight is 394 g/mol. The van der Waals surface area contributed by atoms with E-state index in [0.717, 1.165) is 14.6 Å². The second-order valence-corrected chi connectivity index (χ2v) is 9.45. The van der Waals surface area contributed by atoms with Crippen molar-refractivity contribution in [2.24, 2.45) is 5.14 Å². The van der Waals surface area contributed by atoms with Crippen molar-refractivity contribution in [3.63, 3.8) is 0 Å². The van der Waals surface area contributed by atoms with Crippen molar-refractivity contribution in [3.05, 3.63) is 48.5 Å². The van der Waals surface area contributed by atoms with Crippen LogP contribution in [0, 0.1) is 0 Å². The van der Waals surface area contributed by atoms with Crippen LogP contribution in [-0.4, -0.2) is 24.6 Å². The number of nitrogens with two attached hydrogens (primary N) is 1. The number of thioether (sulfide) groups is 1. The number of rotatable bonds is 5. The maximum atomic E-state index is 12.3. The van der Waals surface area contributed by atoms with E-state index in [4.69, 9.17) is 5.14 Å². The topological polar surface area (TPSA) is 102 Å². The summed E-state index contributed by atoms with van der Waals surface area (Å²) >= 11 is 2.93. The lowest BCUT2D eigenvalue weighted by molar-refractivity contribution is -0.115. The Morgan fingerprint density at radius 2 is 1.88 bits per heavy atom. The minimum atomic E-state index is -3.74. The zero-order chi connectivity index (χ0) is 18.0. The molecule has 2 aromatic carbocycles. The minimum Gasteiger partial charge on any atom is -0.325 e. The summed E-state index contributed by atoms with van der Waals surface area (Å²) in [5.41, 5.74) is 1.43. The summed E-state index contributed by atoms with van der Waals surface area (Å²) in [7, 11) is -3.74. The molecule has 3 aromatic rings. The number of fused-ring (bicyclic) bond motifs is 1. The van der Waals surface area contributed by atoms with Crippen LogP contribution in [0.3, 0.4) is 0 Å². The molecule has 0 aliphatic heterocycles. The number of nitrogens with zero attached hydrogens (tertiary/aromatic N) is 1. The molecule has 1 atom stereocenters. The highest BCUT2D eigenvalue weighted by atomic mass is 32.2. The van der Waals surface area contributed by atoms with Gasteiger partial charge in [-0.25, -0.2) is 18.5 Å². The van der Waals surface area contributed by atoms with Crippen molar-refractivity contribution in [3.8, 4) is 0 Å². The summed E-state index contributed by atoms with van der Waals surface area (Å²) in [5, 5.41) is 7.46. The van der Waals surface area contributed by atoms with E-state index in [1.165, 1.54) is 36.0 Å². The highest BCUT2D eigenvalue weighted by Gasteiger charge is 2.17. The Morgan fingerprint density at radius 3 is 2.52 bits per heavy atom. The first-order valence-electron chi connectivity index (χ1n) is 7.29. The van der Waals surface area contributed by atoms with Gasteiger partial charge in [-0.05, 0) is 43.3 Å². The quantitative estimate of drug-likeness (QED) is 0.649. The molecule has 25 heavy (non-hydrogen) atoms. The summed E-state index contributed by atoms with van der Waals surface area (Å²) in [6.45, 7) is 1.80. The van der Waals surface area contributed by atoms with Gasteiger partial charge in [-0.15, -0.1) is 11.3 Å². The van der Waals surface area contributed by atoms with Crippen LogP contribution in [0.5, 0.6) is 0 Å². The maximum absolute atomic E-state index is 12.3. The van der Waals surface area contributed by atoms with E-state index in [0.29, 0.717) is 5.69 Å². The van der Waals surface area contributed by atoms with E-state index >= 15 is 0 Å². The Hall–Kier alpha value is -1.94. The molecule has 0 saturated heterocycles. The molecule has 0 aliphatic rings. The van der Waals surface area contributed by atoms with Gasteiger partial charge in [0.25, 0.3) is 0 Å². The highest BCUT2D eigenvalue weighted by Crippen LogP contribution is 2.32. The van der Waals surface area contributed by atoms with E-state index in [1.54, 1.807) is 18.3 Å². The summed E-state index contributed by atoms with van der Waals surface area (Å²) < 4.78 is 24.4. The third kappa shape index (κ3) is 4.37. The van der Waals surface area contributed by atoms with Gasteiger partial charge < -0.3 is 5.32 Å². The van der Waals surface area contributed by atoms with Crippen LogP contribution in [0.15, 0.2) is 57.8 Å². The number of anilines is 1. The molecule has 0 fully saturated rings. The third-order valence-corrected chi connectivity index (χ3v) is 6.53. The number of carbonyl (C=O) groups is 1. The van der Waals surface area contributed by atoms with Crippen molar-refractivity contribution in [2.75, 3.05) is 5.32 Å². The van der Waals surface area contributed by atoms with E-state index < -0.39 is 10.0 Å². The Balaban J connectivity index is 1.66. The average Bonchev–Trinajstić information content (AvgIpc) is 2.96. The van der Waals surface area contributed by atoms with Gasteiger partial charge in [0.05, 0.1) is 20.4 Å². The molecule has 0 spiro atoms.